The van der Waals surface area contributed by atoms with E-state index >= 15 is 0 Å². The van der Waals surface area contributed by atoms with Gasteiger partial charge in [-0.2, -0.15) is 4.98 Å². The van der Waals surface area contributed by atoms with Crippen LogP contribution in [0.25, 0.3) is 0 Å². The van der Waals surface area contributed by atoms with Crippen LogP contribution in [0.1, 0.15) is 21.1 Å². The van der Waals surface area contributed by atoms with E-state index in [1.165, 1.54) is 6.07 Å². The molecule has 2 aromatic heterocycles. The minimum atomic E-state index is -1.09. The molecule has 0 fully saturated rings. The van der Waals surface area contributed by atoms with E-state index in [9.17, 15) is 4.79 Å². The molecule has 0 bridgehead atoms. The summed E-state index contributed by atoms with van der Waals surface area (Å²) in [6.45, 7) is 2.05. The molecule has 2 heterocycles. The van der Waals surface area contributed by atoms with Gasteiger partial charge in [0.2, 0.25) is 0 Å². The summed E-state index contributed by atoms with van der Waals surface area (Å²) >= 11 is 1.56. The molecule has 17 heavy (non-hydrogen) atoms. The predicted molar refractivity (Wildman–Crippen MR) is 62.4 cm³/mol. The third kappa shape index (κ3) is 3.01. The first-order valence-corrected chi connectivity index (χ1v) is 5.77. The molecule has 0 saturated heterocycles. The van der Waals surface area contributed by atoms with Crippen LogP contribution in [0.3, 0.4) is 0 Å². The first kappa shape index (κ1) is 11.5. The van der Waals surface area contributed by atoms with Crippen LogP contribution < -0.4 is 4.74 Å². The largest absolute Gasteiger partial charge is 0.477 e. The molecule has 0 aliphatic rings. The number of nitrogens with zero attached hydrogens (tertiary/aromatic N) is 2. The van der Waals surface area contributed by atoms with Gasteiger partial charge in [0.15, 0.2) is 5.69 Å². The summed E-state index contributed by atoms with van der Waals surface area (Å²) in [5, 5.41) is 10.8. The van der Waals surface area contributed by atoms with Gasteiger partial charge < -0.3 is 9.84 Å². The summed E-state index contributed by atoms with van der Waals surface area (Å²) in [6.07, 6.45) is 0. The number of ether oxygens (including phenoxy) is 1. The molecule has 2 rings (SSSR count). The lowest BCUT2D eigenvalue weighted by Gasteiger charge is -2.04. The summed E-state index contributed by atoms with van der Waals surface area (Å²) in [5.74, 6) is -1.09. The summed E-state index contributed by atoms with van der Waals surface area (Å²) in [7, 11) is 0. The zero-order chi connectivity index (χ0) is 12.3. The maximum absolute atomic E-state index is 10.8. The highest BCUT2D eigenvalue weighted by atomic mass is 32.1. The molecule has 0 saturated carbocycles. The van der Waals surface area contributed by atoms with Crippen LogP contribution in [0.4, 0.5) is 0 Å². The van der Waals surface area contributed by atoms with Gasteiger partial charge in [-0.15, -0.1) is 11.3 Å². The summed E-state index contributed by atoms with van der Waals surface area (Å²) in [5.41, 5.74) is 0.511. The van der Waals surface area contributed by atoms with Crippen molar-refractivity contribution in [2.24, 2.45) is 0 Å². The molecule has 5 nitrogen and oxygen atoms in total. The van der Waals surface area contributed by atoms with Gasteiger partial charge in [0.1, 0.15) is 6.61 Å². The standard InChI is InChI=1S/C11H10N2O3S/c1-7-5-9(10(14)15)13-11(12-7)16-6-8-3-2-4-17-8/h2-5H,6H2,1H3,(H,14,15). The van der Waals surface area contributed by atoms with Crippen molar-refractivity contribution in [2.45, 2.75) is 13.5 Å². The second kappa shape index (κ2) is 4.92. The number of aromatic nitrogens is 2. The lowest BCUT2D eigenvalue weighted by atomic mass is 10.3. The molecule has 0 aromatic carbocycles. The number of carbonyl (C=O) groups is 1. The number of aromatic carboxylic acids is 1. The van der Waals surface area contributed by atoms with E-state index < -0.39 is 5.97 Å². The number of hydrogen-bond donors (Lipinski definition) is 1. The van der Waals surface area contributed by atoms with Crippen LogP contribution in [0.2, 0.25) is 0 Å². The van der Waals surface area contributed by atoms with E-state index in [4.69, 9.17) is 9.84 Å². The first-order chi connectivity index (χ1) is 8.15. The fourth-order valence-corrected chi connectivity index (χ4v) is 1.86. The van der Waals surface area contributed by atoms with Crippen molar-refractivity contribution in [3.63, 3.8) is 0 Å². The Morgan fingerprint density at radius 1 is 1.53 bits per heavy atom. The summed E-state index contributed by atoms with van der Waals surface area (Å²) in [6, 6.07) is 5.35. The zero-order valence-corrected chi connectivity index (χ0v) is 9.90. The second-order valence-electron chi connectivity index (χ2n) is 3.35. The minimum absolute atomic E-state index is 0.0568. The van der Waals surface area contributed by atoms with Crippen LogP contribution in [-0.4, -0.2) is 21.0 Å². The van der Waals surface area contributed by atoms with E-state index in [-0.39, 0.29) is 11.7 Å². The van der Waals surface area contributed by atoms with Gasteiger partial charge in [0.05, 0.1) is 0 Å². The number of carboxylic acids is 1. The topological polar surface area (TPSA) is 72.3 Å². The Hall–Kier alpha value is -1.95. The van der Waals surface area contributed by atoms with Gasteiger partial charge in [-0.1, -0.05) is 6.07 Å². The third-order valence-electron chi connectivity index (χ3n) is 1.98. The Kier molecular flexibility index (Phi) is 3.34. The molecule has 88 valence electrons. The number of rotatable bonds is 4. The molecule has 0 spiro atoms. The molecule has 0 aliphatic heterocycles. The average molecular weight is 250 g/mol. The Balaban J connectivity index is 2.13. The van der Waals surface area contributed by atoms with Gasteiger partial charge in [-0.3, -0.25) is 0 Å². The number of hydrogen-bond acceptors (Lipinski definition) is 5. The van der Waals surface area contributed by atoms with Gasteiger partial charge in [0.25, 0.3) is 0 Å². The zero-order valence-electron chi connectivity index (χ0n) is 9.08. The fourth-order valence-electron chi connectivity index (χ4n) is 1.25. The molecule has 0 amide bonds. The quantitative estimate of drug-likeness (QED) is 0.899. The average Bonchev–Trinajstić information content (AvgIpc) is 2.78. The highest BCUT2D eigenvalue weighted by molar-refractivity contribution is 7.09. The van der Waals surface area contributed by atoms with E-state index in [1.54, 1.807) is 18.3 Å². The third-order valence-corrected chi connectivity index (χ3v) is 2.83. The SMILES string of the molecule is Cc1cc(C(=O)O)nc(OCc2cccs2)n1. The Bertz CT molecular complexity index is 526. The van der Waals surface area contributed by atoms with Gasteiger partial charge in [-0.05, 0) is 24.4 Å². The lowest BCUT2D eigenvalue weighted by Crippen LogP contribution is -2.06. The molecule has 1 N–H and O–H groups in total. The highest BCUT2D eigenvalue weighted by Crippen LogP contribution is 2.13. The molecule has 6 heteroatoms. The van der Waals surface area contributed by atoms with Crippen molar-refractivity contribution in [3.05, 3.63) is 39.8 Å². The fraction of sp³-hybridized carbons (Fsp3) is 0.182. The monoisotopic (exact) mass is 250 g/mol. The molecule has 0 atom stereocenters. The number of carboxylic acid groups (broad SMARTS) is 1. The molecule has 2 aromatic rings. The Morgan fingerprint density at radius 2 is 2.35 bits per heavy atom. The molecular formula is C11H10N2O3S. The van der Waals surface area contributed by atoms with Crippen LogP contribution in [0.5, 0.6) is 6.01 Å². The Morgan fingerprint density at radius 3 is 3.00 bits per heavy atom. The first-order valence-electron chi connectivity index (χ1n) is 4.89. The van der Waals surface area contributed by atoms with Crippen LogP contribution in [0, 0.1) is 6.92 Å². The smallest absolute Gasteiger partial charge is 0.354 e. The molecule has 0 radical (unpaired) electrons. The van der Waals surface area contributed by atoms with E-state index in [2.05, 4.69) is 9.97 Å². The van der Waals surface area contributed by atoms with Crippen molar-refractivity contribution >= 4 is 17.3 Å². The second-order valence-corrected chi connectivity index (χ2v) is 4.38. The minimum Gasteiger partial charge on any atom is -0.477 e. The highest BCUT2D eigenvalue weighted by Gasteiger charge is 2.09. The number of thiophene rings is 1. The van der Waals surface area contributed by atoms with E-state index in [1.807, 2.05) is 17.5 Å². The van der Waals surface area contributed by atoms with Crippen LogP contribution in [-0.2, 0) is 6.61 Å². The number of aryl methyl sites for hydroxylation is 1. The summed E-state index contributed by atoms with van der Waals surface area (Å²) < 4.78 is 5.35. The predicted octanol–water partition coefficient (Wildman–Crippen LogP) is 2.12. The maximum atomic E-state index is 10.8. The van der Waals surface area contributed by atoms with Gasteiger partial charge in [0, 0.05) is 10.6 Å². The lowest BCUT2D eigenvalue weighted by molar-refractivity contribution is 0.0688. The Labute approximate surface area is 102 Å². The normalized spacial score (nSPS) is 10.2. The maximum Gasteiger partial charge on any atom is 0.354 e. The van der Waals surface area contributed by atoms with Crippen molar-refractivity contribution < 1.29 is 14.6 Å². The van der Waals surface area contributed by atoms with E-state index in [0.29, 0.717) is 12.3 Å². The molecular weight excluding hydrogens is 240 g/mol. The van der Waals surface area contributed by atoms with E-state index in [0.717, 1.165) is 4.88 Å². The summed E-state index contributed by atoms with van der Waals surface area (Å²) in [4.78, 5) is 19.7. The van der Waals surface area contributed by atoms with Crippen molar-refractivity contribution in [1.82, 2.24) is 9.97 Å². The van der Waals surface area contributed by atoms with Crippen LogP contribution >= 0.6 is 11.3 Å². The van der Waals surface area contributed by atoms with Crippen molar-refractivity contribution in [3.8, 4) is 6.01 Å². The molecule has 0 unspecified atom stereocenters. The molecule has 0 aliphatic carbocycles. The van der Waals surface area contributed by atoms with Crippen LogP contribution in [0.15, 0.2) is 23.6 Å². The van der Waals surface area contributed by atoms with Crippen molar-refractivity contribution in [1.29, 1.82) is 0 Å². The van der Waals surface area contributed by atoms with Gasteiger partial charge >= 0.3 is 12.0 Å². The van der Waals surface area contributed by atoms with Gasteiger partial charge in [-0.25, -0.2) is 9.78 Å². The van der Waals surface area contributed by atoms with Crippen molar-refractivity contribution in [2.75, 3.05) is 0 Å².